The zero-order valence-electron chi connectivity index (χ0n) is 17.5. The van der Waals surface area contributed by atoms with Gasteiger partial charge in [0.15, 0.2) is 6.61 Å². The van der Waals surface area contributed by atoms with Crippen molar-refractivity contribution in [3.63, 3.8) is 0 Å². The Morgan fingerprint density at radius 1 is 1.16 bits per heavy atom. The summed E-state index contributed by atoms with van der Waals surface area (Å²) in [6.45, 7) is 2.78. The topological polar surface area (TPSA) is 105 Å². The Hall–Kier alpha value is -2.91. The van der Waals surface area contributed by atoms with Crippen molar-refractivity contribution in [3.05, 3.63) is 48.5 Å². The highest BCUT2D eigenvalue weighted by atomic mass is 32.2. The minimum atomic E-state index is -3.63. The molecule has 1 aliphatic rings. The molecule has 2 aromatic carbocycles. The first-order valence-electron chi connectivity index (χ1n) is 10.3. The Morgan fingerprint density at radius 2 is 1.97 bits per heavy atom. The molecular weight excluding hydrogens is 418 g/mol. The fourth-order valence-corrected chi connectivity index (χ4v) is 4.34. The minimum absolute atomic E-state index is 0.0777. The Bertz CT molecular complexity index is 1040. The second kappa shape index (κ2) is 10.4. The Labute approximate surface area is 182 Å². The summed E-state index contributed by atoms with van der Waals surface area (Å²) in [6.07, 6.45) is 3.00. The maximum atomic E-state index is 12.3. The first-order valence-corrected chi connectivity index (χ1v) is 11.8. The zero-order chi connectivity index (χ0) is 22.3. The highest BCUT2D eigenvalue weighted by Crippen LogP contribution is 2.25. The van der Waals surface area contributed by atoms with Gasteiger partial charge >= 0.3 is 0 Å². The van der Waals surface area contributed by atoms with Crippen LogP contribution in [0.2, 0.25) is 0 Å². The molecule has 0 aromatic heterocycles. The molecule has 2 aromatic rings. The van der Waals surface area contributed by atoms with E-state index >= 15 is 0 Å². The molecule has 2 amide bonds. The van der Waals surface area contributed by atoms with Crippen LogP contribution in [0.5, 0.6) is 5.75 Å². The fourth-order valence-electron chi connectivity index (χ4n) is 3.22. The van der Waals surface area contributed by atoms with Crippen molar-refractivity contribution in [1.82, 2.24) is 4.72 Å². The molecule has 0 aliphatic carbocycles. The number of nitrogens with zero attached hydrogens (tertiary/aromatic N) is 1. The Balaban J connectivity index is 1.57. The second-order valence-electron chi connectivity index (χ2n) is 7.26. The second-order valence-corrected chi connectivity index (χ2v) is 9.03. The van der Waals surface area contributed by atoms with Gasteiger partial charge in [0.25, 0.3) is 5.91 Å². The summed E-state index contributed by atoms with van der Waals surface area (Å²) in [5, 5.41) is 2.65. The highest BCUT2D eigenvalue weighted by Gasteiger charge is 2.22. The lowest BCUT2D eigenvalue weighted by Gasteiger charge is -2.16. The first kappa shape index (κ1) is 22.8. The standard InChI is InChI=1S/C22H27N3O5S/c1-2-3-12-23-31(28,29)20-10-4-7-17(14-20)24-21(26)16-30-19-9-5-8-18(15-19)25-13-6-11-22(25)27/h4-5,7-10,14-15,23H,2-3,6,11-13,16H2,1H3,(H,24,26). The summed E-state index contributed by atoms with van der Waals surface area (Å²) in [5.74, 6) is 0.133. The molecule has 0 unspecified atom stereocenters. The van der Waals surface area contributed by atoms with Crippen LogP contribution in [0.1, 0.15) is 32.6 Å². The third-order valence-electron chi connectivity index (χ3n) is 4.82. The van der Waals surface area contributed by atoms with E-state index in [9.17, 15) is 18.0 Å². The monoisotopic (exact) mass is 445 g/mol. The van der Waals surface area contributed by atoms with E-state index in [1.807, 2.05) is 13.0 Å². The molecule has 0 spiro atoms. The Morgan fingerprint density at radius 3 is 2.71 bits per heavy atom. The van der Waals surface area contributed by atoms with Crippen LogP contribution in [0.4, 0.5) is 11.4 Å². The molecule has 1 aliphatic heterocycles. The molecule has 9 heteroatoms. The van der Waals surface area contributed by atoms with Gasteiger partial charge in [-0.05, 0) is 43.2 Å². The predicted molar refractivity (Wildman–Crippen MR) is 119 cm³/mol. The minimum Gasteiger partial charge on any atom is -0.484 e. The number of ether oxygens (including phenoxy) is 1. The van der Waals surface area contributed by atoms with Gasteiger partial charge in [0.1, 0.15) is 5.75 Å². The van der Waals surface area contributed by atoms with Crippen molar-refractivity contribution >= 4 is 33.2 Å². The molecule has 0 radical (unpaired) electrons. The van der Waals surface area contributed by atoms with Crippen LogP contribution in [0.15, 0.2) is 53.4 Å². The van der Waals surface area contributed by atoms with Gasteiger partial charge in [0.05, 0.1) is 4.90 Å². The first-order chi connectivity index (χ1) is 14.9. The van der Waals surface area contributed by atoms with Crippen LogP contribution in [0, 0.1) is 0 Å². The molecule has 1 fully saturated rings. The van der Waals surface area contributed by atoms with E-state index < -0.39 is 15.9 Å². The average molecular weight is 446 g/mol. The number of benzene rings is 2. The maximum absolute atomic E-state index is 12.3. The van der Waals surface area contributed by atoms with Crippen molar-refractivity contribution < 1.29 is 22.7 Å². The number of sulfonamides is 1. The number of nitrogens with one attached hydrogen (secondary N) is 2. The lowest BCUT2D eigenvalue weighted by atomic mass is 10.3. The molecule has 0 saturated carbocycles. The Kier molecular flexibility index (Phi) is 7.64. The SMILES string of the molecule is CCCCNS(=O)(=O)c1cccc(NC(=O)COc2cccc(N3CCCC3=O)c2)c1. The largest absolute Gasteiger partial charge is 0.484 e. The van der Waals surface area contributed by atoms with Crippen molar-refractivity contribution in [2.75, 3.05) is 29.9 Å². The van der Waals surface area contributed by atoms with E-state index in [0.717, 1.165) is 24.9 Å². The van der Waals surface area contributed by atoms with E-state index in [1.54, 1.807) is 35.2 Å². The van der Waals surface area contributed by atoms with Crippen molar-refractivity contribution in [2.24, 2.45) is 0 Å². The normalized spacial score (nSPS) is 14.0. The number of anilines is 2. The fraction of sp³-hybridized carbons (Fsp3) is 0.364. The number of carbonyl (C=O) groups excluding carboxylic acids is 2. The molecular formula is C22H27N3O5S. The van der Waals surface area contributed by atoms with Gasteiger partial charge < -0.3 is 15.0 Å². The van der Waals surface area contributed by atoms with Crippen LogP contribution in [0.25, 0.3) is 0 Å². The summed E-state index contributed by atoms with van der Waals surface area (Å²) in [6, 6.07) is 13.1. The number of hydrogen-bond donors (Lipinski definition) is 2. The van der Waals surface area contributed by atoms with Gasteiger partial charge in [0, 0.05) is 37.0 Å². The van der Waals surface area contributed by atoms with Gasteiger partial charge in [-0.2, -0.15) is 0 Å². The van der Waals surface area contributed by atoms with Crippen LogP contribution in [-0.4, -0.2) is 39.9 Å². The number of unbranched alkanes of at least 4 members (excludes halogenated alkanes) is 1. The maximum Gasteiger partial charge on any atom is 0.262 e. The molecule has 1 heterocycles. The molecule has 3 rings (SSSR count). The van der Waals surface area contributed by atoms with Crippen LogP contribution < -0.4 is 19.7 Å². The van der Waals surface area contributed by atoms with E-state index in [0.29, 0.717) is 30.9 Å². The van der Waals surface area contributed by atoms with Crippen molar-refractivity contribution in [1.29, 1.82) is 0 Å². The summed E-state index contributed by atoms with van der Waals surface area (Å²) in [4.78, 5) is 26.0. The van der Waals surface area contributed by atoms with Gasteiger partial charge in [-0.1, -0.05) is 25.5 Å². The smallest absolute Gasteiger partial charge is 0.262 e. The predicted octanol–water partition coefficient (Wildman–Crippen LogP) is 2.91. The van der Waals surface area contributed by atoms with E-state index in [4.69, 9.17) is 4.74 Å². The van der Waals surface area contributed by atoms with Crippen molar-refractivity contribution in [3.8, 4) is 5.75 Å². The average Bonchev–Trinajstić information content (AvgIpc) is 3.19. The number of amides is 2. The lowest BCUT2D eigenvalue weighted by Crippen LogP contribution is -2.25. The highest BCUT2D eigenvalue weighted by molar-refractivity contribution is 7.89. The van der Waals surface area contributed by atoms with E-state index in [2.05, 4.69) is 10.0 Å². The quantitative estimate of drug-likeness (QED) is 0.547. The number of hydrogen-bond acceptors (Lipinski definition) is 5. The summed E-state index contributed by atoms with van der Waals surface area (Å²) >= 11 is 0. The van der Waals surface area contributed by atoms with Gasteiger partial charge in [0.2, 0.25) is 15.9 Å². The molecule has 31 heavy (non-hydrogen) atoms. The van der Waals surface area contributed by atoms with Gasteiger partial charge in [-0.15, -0.1) is 0 Å². The molecule has 166 valence electrons. The summed E-state index contributed by atoms with van der Waals surface area (Å²) in [7, 11) is -3.63. The van der Waals surface area contributed by atoms with Crippen molar-refractivity contribution in [2.45, 2.75) is 37.5 Å². The molecule has 2 N–H and O–H groups in total. The van der Waals surface area contributed by atoms with Crippen LogP contribution in [0.3, 0.4) is 0 Å². The zero-order valence-corrected chi connectivity index (χ0v) is 18.3. The molecule has 0 atom stereocenters. The van der Waals surface area contributed by atoms with E-state index in [-0.39, 0.29) is 17.4 Å². The third kappa shape index (κ3) is 6.28. The number of carbonyl (C=O) groups is 2. The van der Waals surface area contributed by atoms with Crippen LogP contribution >= 0.6 is 0 Å². The van der Waals surface area contributed by atoms with Gasteiger partial charge in [-0.25, -0.2) is 13.1 Å². The van der Waals surface area contributed by atoms with Crippen LogP contribution in [-0.2, 0) is 19.6 Å². The molecule has 8 nitrogen and oxygen atoms in total. The molecule has 1 saturated heterocycles. The van der Waals surface area contributed by atoms with Gasteiger partial charge in [-0.3, -0.25) is 9.59 Å². The third-order valence-corrected chi connectivity index (χ3v) is 6.28. The summed E-state index contributed by atoms with van der Waals surface area (Å²) < 4.78 is 32.8. The number of rotatable bonds is 10. The summed E-state index contributed by atoms with van der Waals surface area (Å²) in [5.41, 5.74) is 1.11. The molecule has 0 bridgehead atoms. The lowest BCUT2D eigenvalue weighted by molar-refractivity contribution is -0.118. The van der Waals surface area contributed by atoms with E-state index in [1.165, 1.54) is 12.1 Å².